The predicted molar refractivity (Wildman–Crippen MR) is 137 cm³/mol. The van der Waals surface area contributed by atoms with Crippen molar-refractivity contribution >= 4 is 55.0 Å². The fraction of sp³-hybridized carbons (Fsp3) is 0.348. The lowest BCUT2D eigenvalue weighted by atomic mass is 10.0. The van der Waals surface area contributed by atoms with E-state index in [9.17, 15) is 22.8 Å². The highest BCUT2D eigenvalue weighted by Crippen LogP contribution is 2.44. The smallest absolute Gasteiger partial charge is 0.365 e. The van der Waals surface area contributed by atoms with Crippen molar-refractivity contribution in [2.75, 3.05) is 5.32 Å². The first kappa shape index (κ1) is 26.8. The van der Waals surface area contributed by atoms with Crippen LogP contribution >= 0.6 is 27.3 Å². The molecule has 0 aliphatic heterocycles. The summed E-state index contributed by atoms with van der Waals surface area (Å²) in [5.74, 6) is -1.35. The molecule has 0 saturated heterocycles. The molecule has 0 aliphatic rings. The van der Waals surface area contributed by atoms with Crippen LogP contribution in [0.4, 0.5) is 18.9 Å². The van der Waals surface area contributed by atoms with Crippen LogP contribution in [0, 0.1) is 20.8 Å². The van der Waals surface area contributed by atoms with Gasteiger partial charge in [0.2, 0.25) is 5.91 Å². The molecule has 2 amide bonds. The Morgan fingerprint density at radius 2 is 1.86 bits per heavy atom. The molecule has 0 aromatic carbocycles. The first-order chi connectivity index (χ1) is 17.3. The molecule has 9 nitrogen and oxygen atoms in total. The fourth-order valence-corrected chi connectivity index (χ4v) is 5.29. The minimum atomic E-state index is -4.73. The summed E-state index contributed by atoms with van der Waals surface area (Å²) >= 11 is 4.15. The lowest BCUT2D eigenvalue weighted by Crippen LogP contribution is -2.18. The van der Waals surface area contributed by atoms with Gasteiger partial charge < -0.3 is 11.1 Å². The highest BCUT2D eigenvalue weighted by Gasteiger charge is 2.35. The van der Waals surface area contributed by atoms with E-state index in [1.807, 2.05) is 20.8 Å². The number of pyridine rings is 1. The number of aromatic nitrogens is 5. The highest BCUT2D eigenvalue weighted by atomic mass is 79.9. The van der Waals surface area contributed by atoms with Crippen LogP contribution in [0.15, 0.2) is 16.7 Å². The number of nitrogens with two attached hydrogens (primary N) is 1. The molecular formula is C23H23BrF3N7O2S. The number of primary amides is 1. The molecule has 0 unspecified atom stereocenters. The van der Waals surface area contributed by atoms with Crippen LogP contribution in [0.3, 0.4) is 0 Å². The fourth-order valence-electron chi connectivity index (χ4n) is 4.00. The second kappa shape index (κ2) is 9.89. The maximum absolute atomic E-state index is 13.7. The van der Waals surface area contributed by atoms with Gasteiger partial charge in [-0.25, -0.2) is 4.98 Å². The molecule has 14 heteroatoms. The van der Waals surface area contributed by atoms with Crippen LogP contribution < -0.4 is 11.1 Å². The third kappa shape index (κ3) is 5.12. The first-order valence-corrected chi connectivity index (χ1v) is 12.8. The Kier molecular flexibility index (Phi) is 7.16. The number of aryl methyl sites for hydroxylation is 4. The van der Waals surface area contributed by atoms with Gasteiger partial charge in [-0.15, -0.1) is 11.3 Å². The Labute approximate surface area is 222 Å². The van der Waals surface area contributed by atoms with Crippen LogP contribution in [-0.2, 0) is 24.1 Å². The molecule has 0 atom stereocenters. The molecule has 0 bridgehead atoms. The Bertz CT molecular complexity index is 1540. The molecule has 4 heterocycles. The Morgan fingerprint density at radius 3 is 2.41 bits per heavy atom. The summed E-state index contributed by atoms with van der Waals surface area (Å²) in [7, 11) is 0. The van der Waals surface area contributed by atoms with Gasteiger partial charge in [-0.3, -0.25) is 19.0 Å². The minimum absolute atomic E-state index is 0.000132. The van der Waals surface area contributed by atoms with Crippen LogP contribution in [-0.4, -0.2) is 36.4 Å². The number of carbonyl (C=O) groups excluding carboxylic acids is 2. The van der Waals surface area contributed by atoms with Gasteiger partial charge in [0.25, 0.3) is 5.91 Å². The third-order valence-corrected chi connectivity index (χ3v) is 8.09. The standard InChI is InChI=1S/C23H23BrF3N7O2S/c1-5-33-9-14(10(2)31-33)13-8-15(23(25,26)27)29-22-17(13)19(20(37-22)21(28)36)30-16(35)6-7-34-12(4)18(24)11(3)32-34/h8-9H,5-7H2,1-4H3,(H2,28,36)(H,30,35). The number of anilines is 1. The maximum Gasteiger partial charge on any atom is 0.433 e. The summed E-state index contributed by atoms with van der Waals surface area (Å²) in [5, 5.41) is 11.6. The molecule has 0 saturated carbocycles. The van der Waals surface area contributed by atoms with Gasteiger partial charge in [0.15, 0.2) is 0 Å². The summed E-state index contributed by atoms with van der Waals surface area (Å²) in [6.07, 6.45) is -3.11. The van der Waals surface area contributed by atoms with Crippen LogP contribution in [0.1, 0.15) is 45.8 Å². The van der Waals surface area contributed by atoms with Crippen molar-refractivity contribution in [2.45, 2.75) is 53.4 Å². The SMILES string of the molecule is CCn1cc(-c2cc(C(F)(F)F)nc3sc(C(N)=O)c(NC(=O)CCn4nc(C)c(Br)c4C)c23)c(C)n1. The molecule has 4 rings (SSSR count). The largest absolute Gasteiger partial charge is 0.433 e. The molecule has 3 N–H and O–H groups in total. The lowest BCUT2D eigenvalue weighted by Gasteiger charge is -2.12. The quantitative estimate of drug-likeness (QED) is 0.303. The predicted octanol–water partition coefficient (Wildman–Crippen LogP) is 5.21. The summed E-state index contributed by atoms with van der Waals surface area (Å²) in [4.78, 5) is 28.9. The van der Waals surface area contributed by atoms with Crippen molar-refractivity contribution in [1.29, 1.82) is 0 Å². The van der Waals surface area contributed by atoms with Crippen molar-refractivity contribution in [2.24, 2.45) is 5.73 Å². The van der Waals surface area contributed by atoms with E-state index in [4.69, 9.17) is 5.73 Å². The highest BCUT2D eigenvalue weighted by molar-refractivity contribution is 9.10. The second-order valence-corrected chi connectivity index (χ2v) is 10.2. The third-order valence-electron chi connectivity index (χ3n) is 5.85. The number of hydrogen-bond acceptors (Lipinski definition) is 6. The minimum Gasteiger partial charge on any atom is -0.365 e. The number of hydrogen-bond donors (Lipinski definition) is 2. The number of rotatable bonds is 7. The van der Waals surface area contributed by atoms with Crippen molar-refractivity contribution in [1.82, 2.24) is 24.5 Å². The van der Waals surface area contributed by atoms with Crippen molar-refractivity contribution in [3.8, 4) is 11.1 Å². The molecule has 196 valence electrons. The molecule has 0 fully saturated rings. The molecular weight excluding hydrogens is 575 g/mol. The van der Waals surface area contributed by atoms with Gasteiger partial charge in [0, 0.05) is 35.8 Å². The summed E-state index contributed by atoms with van der Waals surface area (Å²) < 4.78 is 45.3. The van der Waals surface area contributed by atoms with E-state index >= 15 is 0 Å². The summed E-state index contributed by atoms with van der Waals surface area (Å²) in [6.45, 7) is 7.97. The maximum atomic E-state index is 13.7. The number of alkyl halides is 3. The molecule has 4 aromatic heterocycles. The van der Waals surface area contributed by atoms with E-state index in [0.717, 1.165) is 21.9 Å². The zero-order valence-electron chi connectivity index (χ0n) is 20.3. The van der Waals surface area contributed by atoms with Crippen molar-refractivity contribution < 1.29 is 22.8 Å². The Hall–Kier alpha value is -3.26. The van der Waals surface area contributed by atoms with E-state index in [1.165, 1.54) is 0 Å². The number of fused-ring (bicyclic) bond motifs is 1. The van der Waals surface area contributed by atoms with E-state index in [-0.39, 0.29) is 39.3 Å². The average molecular weight is 598 g/mol. The zero-order chi connectivity index (χ0) is 27.2. The molecule has 4 aromatic rings. The molecule has 0 aliphatic carbocycles. The summed E-state index contributed by atoms with van der Waals surface area (Å²) in [5.41, 5.74) is 7.16. The average Bonchev–Trinajstić information content (AvgIpc) is 3.46. The van der Waals surface area contributed by atoms with E-state index < -0.39 is 23.7 Å². The van der Waals surface area contributed by atoms with Crippen molar-refractivity contribution in [3.63, 3.8) is 0 Å². The van der Waals surface area contributed by atoms with Gasteiger partial charge in [0.05, 0.1) is 28.1 Å². The first-order valence-electron chi connectivity index (χ1n) is 11.2. The molecule has 37 heavy (non-hydrogen) atoms. The van der Waals surface area contributed by atoms with E-state index in [0.29, 0.717) is 29.1 Å². The van der Waals surface area contributed by atoms with Gasteiger partial charge in [-0.1, -0.05) is 0 Å². The number of amides is 2. The Morgan fingerprint density at radius 1 is 1.16 bits per heavy atom. The number of nitrogens with one attached hydrogen (secondary N) is 1. The van der Waals surface area contributed by atoms with Gasteiger partial charge in [0.1, 0.15) is 15.4 Å². The topological polar surface area (TPSA) is 121 Å². The van der Waals surface area contributed by atoms with E-state index in [2.05, 4.69) is 36.4 Å². The van der Waals surface area contributed by atoms with Crippen LogP contribution in [0.5, 0.6) is 0 Å². The molecule has 0 spiro atoms. The van der Waals surface area contributed by atoms with Gasteiger partial charge in [-0.05, 0) is 55.3 Å². The molecule has 0 radical (unpaired) electrons. The monoisotopic (exact) mass is 597 g/mol. The number of nitrogens with zero attached hydrogens (tertiary/aromatic N) is 5. The van der Waals surface area contributed by atoms with Crippen molar-refractivity contribution in [3.05, 3.63) is 44.4 Å². The van der Waals surface area contributed by atoms with Crippen LogP contribution in [0.2, 0.25) is 0 Å². The second-order valence-electron chi connectivity index (χ2n) is 8.39. The summed E-state index contributed by atoms with van der Waals surface area (Å²) in [6, 6.07) is 0.910. The lowest BCUT2D eigenvalue weighted by molar-refractivity contribution is -0.140. The van der Waals surface area contributed by atoms with Crippen LogP contribution in [0.25, 0.3) is 21.3 Å². The number of carbonyl (C=O) groups is 2. The zero-order valence-corrected chi connectivity index (χ0v) is 22.7. The van der Waals surface area contributed by atoms with E-state index in [1.54, 1.807) is 22.5 Å². The number of halogens is 4. The normalized spacial score (nSPS) is 11.9. The van der Waals surface area contributed by atoms with Gasteiger partial charge >= 0.3 is 6.18 Å². The number of thiophene rings is 1. The van der Waals surface area contributed by atoms with Gasteiger partial charge in [-0.2, -0.15) is 23.4 Å². The Balaban J connectivity index is 1.83.